The number of H-pyrrole nitrogens is 1. The molecule has 6 saturated heterocycles. The van der Waals surface area contributed by atoms with Crippen molar-refractivity contribution < 1.29 is 104 Å². The van der Waals surface area contributed by atoms with Crippen molar-refractivity contribution in [1.29, 1.82) is 0 Å². The van der Waals surface area contributed by atoms with Crippen LogP contribution in [0.2, 0.25) is 0 Å². The molecular weight excluding hydrogens is 1650 g/mol. The van der Waals surface area contributed by atoms with Gasteiger partial charge in [0.2, 0.25) is 23.6 Å². The molecule has 13 rings (SSSR count). The zero-order chi connectivity index (χ0) is 93.9. The van der Waals surface area contributed by atoms with Crippen LogP contribution < -0.4 is 21.7 Å². The van der Waals surface area contributed by atoms with E-state index in [0.717, 1.165) is 59.9 Å². The highest BCUT2D eigenvalue weighted by Crippen LogP contribution is 2.38. The van der Waals surface area contributed by atoms with Crippen LogP contribution >= 0.6 is 0 Å². The first-order valence-corrected chi connectivity index (χ1v) is 44.2. The summed E-state index contributed by atoms with van der Waals surface area (Å²) in [6.45, 7) is 38.3. The minimum absolute atomic E-state index is 0.0212. The molecule has 126 heavy (non-hydrogen) atoms. The van der Waals surface area contributed by atoms with Gasteiger partial charge in [-0.15, -0.1) is 0 Å². The van der Waals surface area contributed by atoms with Gasteiger partial charge in [0.25, 0.3) is 33.7 Å². The maximum absolute atomic E-state index is 13.3. The molecule has 0 radical (unpaired) electrons. The monoisotopic (exact) mass is 1780 g/mol. The second kappa shape index (κ2) is 41.3. The molecule has 8 aliphatic rings. The van der Waals surface area contributed by atoms with Crippen molar-refractivity contribution in [2.75, 3.05) is 17.3 Å². The number of aldehydes is 2. The number of anilines is 2. The number of hydrogen-bond acceptors (Lipinski definition) is 27. The maximum Gasteiger partial charge on any atom is 0.410 e. The van der Waals surface area contributed by atoms with Crippen LogP contribution in [0.25, 0.3) is 0 Å². The number of nitrogens with one attached hydrogen (secondary N) is 4. The number of carbonyl (C=O) groups excluding carboxylic acids is 14. The van der Waals surface area contributed by atoms with Crippen molar-refractivity contribution in [2.45, 2.75) is 329 Å². The van der Waals surface area contributed by atoms with Crippen LogP contribution in [-0.2, 0) is 59.0 Å². The molecule has 10 unspecified atom stereocenters. The highest BCUT2D eigenvalue weighted by atomic mass is 32.2. The zero-order valence-electron chi connectivity index (χ0n) is 75.8. The topological polar surface area (TPSA) is 485 Å². The van der Waals surface area contributed by atoms with E-state index in [2.05, 4.69) is 36.3 Å². The molecule has 10 atom stereocenters. The lowest BCUT2D eigenvalue weighted by Crippen LogP contribution is -2.54. The molecule has 38 nitrogen and oxygen atoms in total. The SMILES string of the molecule is CC1CC(O)CC(C)N1C(=O)OC(C)(C)C.CC1CC(OS(C)(=O)=O)CC(C)N1C(=O)OC(C)(C)C.CC1CC(n2cc(C=O)cn2)CC(C)N1C(=O)OC(C)(C)C.CC1CC(n2cc(CNc3cccc4c3C(=O)N(C3CCC(=O)NC3=O)C4=O)cn2)CC(C)N1C(=O)OC(C)(C)C.Nc1cccc2c1C(=O)N(C1CCC(=O)NC1=O)C2=O.O=Cc1cn[nH]c1. The number of likely N-dealkylation sites (tertiary alicyclic amines) is 4. The summed E-state index contributed by atoms with van der Waals surface area (Å²) in [5.74, 6) is -4.32. The molecule has 690 valence electrons. The van der Waals surface area contributed by atoms with Gasteiger partial charge in [0.1, 0.15) is 34.5 Å². The third kappa shape index (κ3) is 26.6. The van der Waals surface area contributed by atoms with Crippen molar-refractivity contribution in [2.24, 2.45) is 0 Å². The van der Waals surface area contributed by atoms with E-state index < -0.39 is 91.9 Å². The van der Waals surface area contributed by atoms with E-state index in [1.54, 1.807) is 57.6 Å². The van der Waals surface area contributed by atoms with E-state index in [4.69, 9.17) is 28.9 Å². The lowest BCUT2D eigenvalue weighted by atomic mass is 9.93. The van der Waals surface area contributed by atoms with Gasteiger partial charge in [-0.2, -0.15) is 23.7 Å². The summed E-state index contributed by atoms with van der Waals surface area (Å²) in [5, 5.41) is 32.1. The predicted molar refractivity (Wildman–Crippen MR) is 461 cm³/mol. The molecule has 5 aromatic rings. The second-order valence-electron chi connectivity index (χ2n) is 37.2. The van der Waals surface area contributed by atoms with Crippen LogP contribution in [0.5, 0.6) is 0 Å². The maximum atomic E-state index is 13.3. The Kier molecular flexibility index (Phi) is 32.8. The number of hydrogen-bond donors (Lipinski definition) is 6. The summed E-state index contributed by atoms with van der Waals surface area (Å²) < 4.78 is 53.0. The van der Waals surface area contributed by atoms with Crippen LogP contribution in [0, 0.1) is 0 Å². The smallest absolute Gasteiger partial charge is 0.410 e. The number of benzene rings is 2. The van der Waals surface area contributed by atoms with Gasteiger partial charge in [-0.25, -0.2) is 19.2 Å². The Morgan fingerprint density at radius 2 is 0.881 bits per heavy atom. The Bertz CT molecular complexity index is 4880. The lowest BCUT2D eigenvalue weighted by molar-refractivity contribution is -0.137. The normalized spacial score (nSPS) is 25.0. The molecule has 3 aromatic heterocycles. The molecule has 11 heterocycles. The summed E-state index contributed by atoms with van der Waals surface area (Å²) in [6, 6.07) is 7.80. The van der Waals surface area contributed by atoms with Crippen molar-refractivity contribution in [3.05, 3.63) is 113 Å². The van der Waals surface area contributed by atoms with Gasteiger partial charge in [0, 0.05) is 103 Å². The van der Waals surface area contributed by atoms with Crippen molar-refractivity contribution in [3.8, 4) is 0 Å². The first-order valence-electron chi connectivity index (χ1n) is 42.3. The third-order valence-electron chi connectivity index (χ3n) is 21.7. The fourth-order valence-corrected chi connectivity index (χ4v) is 17.3. The molecule has 0 aliphatic carbocycles. The van der Waals surface area contributed by atoms with Gasteiger partial charge in [0.15, 0.2) is 12.6 Å². The molecule has 0 bridgehead atoms. The Morgan fingerprint density at radius 1 is 0.508 bits per heavy atom. The minimum atomic E-state index is -3.47. The molecule has 0 saturated carbocycles. The lowest BCUT2D eigenvalue weighted by Gasteiger charge is -2.42. The molecule has 39 heteroatoms. The number of imide groups is 4. The van der Waals surface area contributed by atoms with Crippen LogP contribution in [0.1, 0.15) is 295 Å². The number of nitrogens with two attached hydrogens (primary N) is 1. The van der Waals surface area contributed by atoms with Crippen molar-refractivity contribution >= 4 is 106 Å². The number of carbonyl (C=O) groups is 14. The number of aromatic amines is 1. The fourth-order valence-electron chi connectivity index (χ4n) is 16.6. The average molecular weight is 1780 g/mol. The van der Waals surface area contributed by atoms with Crippen LogP contribution in [-0.4, -0.2) is 258 Å². The Balaban J connectivity index is 0.000000200. The molecular formula is C87H124N16O22S. The molecule has 8 aliphatic heterocycles. The van der Waals surface area contributed by atoms with Gasteiger partial charge >= 0.3 is 24.4 Å². The van der Waals surface area contributed by atoms with Gasteiger partial charge in [0.05, 0.1) is 82.5 Å². The number of ether oxygens (including phenoxy) is 4. The molecule has 12 amide bonds. The molecule has 0 spiro atoms. The highest BCUT2D eigenvalue weighted by molar-refractivity contribution is 7.86. The van der Waals surface area contributed by atoms with Gasteiger partial charge in [-0.3, -0.25) is 87.0 Å². The van der Waals surface area contributed by atoms with Crippen molar-refractivity contribution in [3.63, 3.8) is 0 Å². The number of piperidine rings is 6. The van der Waals surface area contributed by atoms with E-state index in [9.17, 15) is 80.6 Å². The van der Waals surface area contributed by atoms with Gasteiger partial charge in [-0.1, -0.05) is 12.1 Å². The molecule has 6 fully saturated rings. The number of aromatic nitrogens is 6. The zero-order valence-corrected chi connectivity index (χ0v) is 76.6. The Labute approximate surface area is 734 Å². The van der Waals surface area contributed by atoms with Gasteiger partial charge < -0.3 is 54.7 Å². The minimum Gasteiger partial charge on any atom is -0.444 e. The van der Waals surface area contributed by atoms with Crippen LogP contribution in [0.15, 0.2) is 73.6 Å². The molecule has 2 aromatic carbocycles. The number of nitrogens with zero attached hydrogens (tertiary/aromatic N) is 11. The number of aliphatic hydroxyl groups is 1. The summed E-state index contributed by atoms with van der Waals surface area (Å²) in [4.78, 5) is 177. The highest BCUT2D eigenvalue weighted by Gasteiger charge is 2.49. The summed E-state index contributed by atoms with van der Waals surface area (Å²) >= 11 is 0. The predicted octanol–water partition coefficient (Wildman–Crippen LogP) is 10.5. The standard InChI is InChI=1S/C29H36N6O6.C16H25N3O3.C13H11N3O4.C13H25NO5S.C12H23NO3.C4H4N2O/c1-16-11-19(12-17(2)34(16)28(40)41-29(3,4)5)33-15-18(14-31-33)13-30-21-8-6-7-20-24(21)27(39)35(26(20)38)22-9-10-23(36)32-25(22)37;1-11-6-14(18-9-13(10-20)8-17-18)7-12(2)19(11)15(21)22-16(3,4)5;14-7-3-1-2-6-10(7)13(20)16(12(6)19)8-4-5-9(17)15-11(8)18;1-9-7-11(19-20(6,16)17)8-10(2)14(9)12(15)18-13(3,4)5;1-8-6-10(14)7-9(2)13(8)11(15)16-12(3,4)5;7-3-4-1-5-6-2-4/h6-8,14-17,19,22,30H,9-13H2,1-5H3,(H,32,36,37);8-12,14H,6-7H2,1-5H3;1-3,8H,4-5,14H2,(H,15,17,18);9-11H,7-8H2,1-6H3;8-10,14H,6-7H2,1-5H3;1-3H,(H,5,6). The number of aliphatic hydroxyl groups excluding tert-OH is 1. The number of rotatable bonds is 11. The first kappa shape index (κ1) is 99.9. The summed E-state index contributed by atoms with van der Waals surface area (Å²) in [5.41, 5.74) is 7.15. The summed E-state index contributed by atoms with van der Waals surface area (Å²) in [7, 11) is -3.47. The van der Waals surface area contributed by atoms with E-state index >= 15 is 0 Å². The largest absolute Gasteiger partial charge is 0.444 e. The number of nitrogen functional groups attached to an aromatic ring is 1. The average Bonchev–Trinajstić information content (AvgIpc) is 1.61. The number of fused-ring (bicyclic) bond motifs is 2. The third-order valence-corrected chi connectivity index (χ3v) is 22.3. The number of amides is 12. The Morgan fingerprint density at radius 3 is 1.24 bits per heavy atom. The Hall–Kier alpha value is -11.5. The molecule has 7 N–H and O–H groups in total. The van der Waals surface area contributed by atoms with Crippen molar-refractivity contribution in [1.82, 2.24) is 69.8 Å². The van der Waals surface area contributed by atoms with Crippen LogP contribution in [0.3, 0.4) is 0 Å². The van der Waals surface area contributed by atoms with E-state index in [1.165, 1.54) is 24.5 Å². The van der Waals surface area contributed by atoms with Gasteiger partial charge in [-0.05, 0) is 227 Å². The van der Waals surface area contributed by atoms with Crippen LogP contribution in [0.4, 0.5) is 30.6 Å². The first-order chi connectivity index (χ1) is 58.6. The van der Waals surface area contributed by atoms with E-state index in [0.29, 0.717) is 49.0 Å². The second-order valence-corrected chi connectivity index (χ2v) is 38.8. The summed E-state index contributed by atoms with van der Waals surface area (Å²) in [6.07, 6.45) is 16.4. The fraction of sp³-hybridized carbons (Fsp3) is 0.598. The van der Waals surface area contributed by atoms with E-state index in [-0.39, 0.29) is 151 Å². The van der Waals surface area contributed by atoms with E-state index in [1.807, 2.05) is 159 Å². The quantitative estimate of drug-likeness (QED) is 0.0235.